The minimum Gasteiger partial charge on any atom is -0.267 e. The molecule has 1 heterocycles. The van der Waals surface area contributed by atoms with Crippen LogP contribution < -0.4 is 15.6 Å². The van der Waals surface area contributed by atoms with Gasteiger partial charge in [-0.1, -0.05) is 42.5 Å². The van der Waals surface area contributed by atoms with Crippen LogP contribution in [0.15, 0.2) is 77.8 Å². The van der Waals surface area contributed by atoms with E-state index >= 15 is 0 Å². The van der Waals surface area contributed by atoms with Crippen LogP contribution >= 0.6 is 0 Å². The van der Waals surface area contributed by atoms with Gasteiger partial charge in [0.25, 0.3) is 11.8 Å². The number of nitrogens with zero attached hydrogens (tertiary/aromatic N) is 1. The number of hydrogen-bond donors (Lipinski definition) is 3. The van der Waals surface area contributed by atoms with Crippen molar-refractivity contribution in [2.24, 2.45) is 0 Å². The largest absolute Gasteiger partial charge is 0.288 e. The van der Waals surface area contributed by atoms with Gasteiger partial charge >= 0.3 is 0 Å². The summed E-state index contributed by atoms with van der Waals surface area (Å²) in [6, 6.07) is 18.2. The number of amides is 2. The molecule has 30 heavy (non-hydrogen) atoms. The summed E-state index contributed by atoms with van der Waals surface area (Å²) in [7, 11) is -3.85. The molecule has 0 aliphatic heterocycles. The minimum absolute atomic E-state index is 0.0119. The van der Waals surface area contributed by atoms with Crippen LogP contribution in [0.2, 0.25) is 0 Å². The standard InChI is InChI=1S/C21H20N4O4S/c1-15-10-11-17(20(26)24-25-21(27)18-9-5-6-12-22-18)13-19(15)30(28,29)23-14-16-7-3-2-4-8-16/h2-13,23H,14H2,1H3,(H,24,26)(H,25,27). The quantitative estimate of drug-likeness (QED) is 0.523. The average Bonchev–Trinajstić information content (AvgIpc) is 2.77. The van der Waals surface area contributed by atoms with Crippen molar-refractivity contribution in [1.82, 2.24) is 20.6 Å². The molecule has 0 aliphatic rings. The van der Waals surface area contributed by atoms with Crippen molar-refractivity contribution in [3.8, 4) is 0 Å². The molecular weight excluding hydrogens is 404 g/mol. The number of pyridine rings is 1. The highest BCUT2D eigenvalue weighted by molar-refractivity contribution is 7.89. The SMILES string of the molecule is Cc1ccc(C(=O)NNC(=O)c2ccccn2)cc1S(=O)(=O)NCc1ccccc1. The molecule has 2 amide bonds. The van der Waals surface area contributed by atoms with E-state index in [1.807, 2.05) is 30.3 Å². The third kappa shape index (κ3) is 5.28. The Kier molecular flexibility index (Phi) is 6.55. The highest BCUT2D eigenvalue weighted by Gasteiger charge is 2.19. The Morgan fingerprint density at radius 1 is 0.900 bits per heavy atom. The van der Waals surface area contributed by atoms with Gasteiger partial charge in [-0.3, -0.25) is 25.4 Å². The number of carbonyl (C=O) groups is 2. The monoisotopic (exact) mass is 424 g/mol. The smallest absolute Gasteiger partial charge is 0.267 e. The van der Waals surface area contributed by atoms with Crippen molar-refractivity contribution in [3.63, 3.8) is 0 Å². The number of sulfonamides is 1. The van der Waals surface area contributed by atoms with E-state index in [0.29, 0.717) is 5.56 Å². The Balaban J connectivity index is 1.70. The van der Waals surface area contributed by atoms with Gasteiger partial charge in [-0.25, -0.2) is 13.1 Å². The van der Waals surface area contributed by atoms with Gasteiger partial charge in [0.05, 0.1) is 4.90 Å². The van der Waals surface area contributed by atoms with E-state index in [4.69, 9.17) is 0 Å². The second kappa shape index (κ2) is 9.29. The van der Waals surface area contributed by atoms with Gasteiger partial charge < -0.3 is 0 Å². The lowest BCUT2D eigenvalue weighted by Gasteiger charge is -2.12. The van der Waals surface area contributed by atoms with Gasteiger partial charge in [0, 0.05) is 18.3 Å². The highest BCUT2D eigenvalue weighted by atomic mass is 32.2. The highest BCUT2D eigenvalue weighted by Crippen LogP contribution is 2.17. The van der Waals surface area contributed by atoms with Crippen molar-refractivity contribution in [3.05, 3.63) is 95.3 Å². The van der Waals surface area contributed by atoms with E-state index in [1.165, 1.54) is 30.5 Å². The molecule has 0 bridgehead atoms. The lowest BCUT2D eigenvalue weighted by Crippen LogP contribution is -2.42. The fourth-order valence-electron chi connectivity index (χ4n) is 2.63. The van der Waals surface area contributed by atoms with Crippen LogP contribution in [-0.2, 0) is 16.6 Å². The molecular formula is C21H20N4O4S. The lowest BCUT2D eigenvalue weighted by molar-refractivity contribution is 0.0844. The van der Waals surface area contributed by atoms with Crippen LogP contribution in [0.25, 0.3) is 0 Å². The topological polar surface area (TPSA) is 117 Å². The third-order valence-corrected chi connectivity index (χ3v) is 5.78. The fourth-order valence-corrected chi connectivity index (χ4v) is 3.92. The Morgan fingerprint density at radius 3 is 2.30 bits per heavy atom. The first-order valence-electron chi connectivity index (χ1n) is 9.03. The van der Waals surface area contributed by atoms with E-state index in [9.17, 15) is 18.0 Å². The summed E-state index contributed by atoms with van der Waals surface area (Å²) >= 11 is 0. The zero-order valence-corrected chi connectivity index (χ0v) is 16.9. The molecule has 0 unspecified atom stereocenters. The zero-order chi connectivity index (χ0) is 21.6. The second-order valence-corrected chi connectivity index (χ2v) is 8.15. The predicted molar refractivity (Wildman–Crippen MR) is 111 cm³/mol. The summed E-state index contributed by atoms with van der Waals surface area (Å²) in [5.74, 6) is -1.24. The number of carbonyl (C=O) groups excluding carboxylic acids is 2. The second-order valence-electron chi connectivity index (χ2n) is 6.41. The molecule has 0 aliphatic carbocycles. The first-order valence-corrected chi connectivity index (χ1v) is 10.5. The Morgan fingerprint density at radius 2 is 1.60 bits per heavy atom. The van der Waals surface area contributed by atoms with Crippen molar-refractivity contribution >= 4 is 21.8 Å². The molecule has 0 saturated heterocycles. The number of aryl methyl sites for hydroxylation is 1. The zero-order valence-electron chi connectivity index (χ0n) is 16.1. The summed E-state index contributed by atoms with van der Waals surface area (Å²) in [6.07, 6.45) is 1.45. The summed E-state index contributed by atoms with van der Waals surface area (Å²) in [5, 5.41) is 0. The molecule has 9 heteroatoms. The Hall–Kier alpha value is -3.56. The van der Waals surface area contributed by atoms with Crippen molar-refractivity contribution in [2.75, 3.05) is 0 Å². The molecule has 3 aromatic rings. The van der Waals surface area contributed by atoms with Crippen molar-refractivity contribution in [1.29, 1.82) is 0 Å². The van der Waals surface area contributed by atoms with E-state index in [1.54, 1.807) is 19.1 Å². The Bertz CT molecular complexity index is 1150. The maximum Gasteiger partial charge on any atom is 0.288 e. The molecule has 3 rings (SSSR count). The number of hydrogen-bond acceptors (Lipinski definition) is 5. The van der Waals surface area contributed by atoms with Gasteiger partial charge in [0.1, 0.15) is 5.69 Å². The van der Waals surface area contributed by atoms with E-state index in [-0.39, 0.29) is 22.7 Å². The van der Waals surface area contributed by atoms with Crippen molar-refractivity contribution < 1.29 is 18.0 Å². The summed E-state index contributed by atoms with van der Waals surface area (Å²) < 4.78 is 28.0. The van der Waals surface area contributed by atoms with Crippen molar-refractivity contribution in [2.45, 2.75) is 18.4 Å². The minimum atomic E-state index is -3.85. The first-order chi connectivity index (χ1) is 14.4. The molecule has 0 fully saturated rings. The summed E-state index contributed by atoms with van der Waals surface area (Å²) in [4.78, 5) is 28.2. The van der Waals surface area contributed by atoms with Crippen LogP contribution in [0.5, 0.6) is 0 Å². The molecule has 3 N–H and O–H groups in total. The summed E-state index contributed by atoms with van der Waals surface area (Å²) in [6.45, 7) is 1.76. The van der Waals surface area contributed by atoms with Crippen LogP contribution in [-0.4, -0.2) is 25.2 Å². The molecule has 0 spiro atoms. The molecule has 154 valence electrons. The molecule has 1 aromatic heterocycles. The van der Waals surface area contributed by atoms with Gasteiger partial charge in [0.15, 0.2) is 0 Å². The normalized spacial score (nSPS) is 11.0. The first kappa shape index (κ1) is 21.2. The van der Waals surface area contributed by atoms with Gasteiger partial charge in [-0.15, -0.1) is 0 Å². The fraction of sp³-hybridized carbons (Fsp3) is 0.0952. The van der Waals surface area contributed by atoms with Crippen LogP contribution in [0, 0.1) is 6.92 Å². The van der Waals surface area contributed by atoms with E-state index in [0.717, 1.165) is 5.56 Å². The maximum absolute atomic E-state index is 12.7. The average molecular weight is 424 g/mol. The molecule has 0 atom stereocenters. The van der Waals surface area contributed by atoms with E-state index < -0.39 is 21.8 Å². The predicted octanol–water partition coefficient (Wildman–Crippen LogP) is 1.94. The third-order valence-electron chi connectivity index (χ3n) is 4.24. The van der Waals surface area contributed by atoms with Crippen LogP contribution in [0.4, 0.5) is 0 Å². The van der Waals surface area contributed by atoms with Gasteiger partial charge in [0.2, 0.25) is 10.0 Å². The maximum atomic E-state index is 12.7. The Labute approximate surface area is 174 Å². The van der Waals surface area contributed by atoms with Gasteiger partial charge in [-0.2, -0.15) is 0 Å². The number of benzene rings is 2. The van der Waals surface area contributed by atoms with Crippen LogP contribution in [0.1, 0.15) is 32.0 Å². The number of aromatic nitrogens is 1. The number of rotatable bonds is 6. The molecule has 0 saturated carbocycles. The number of hydrazine groups is 1. The summed E-state index contributed by atoms with van der Waals surface area (Å²) in [5.41, 5.74) is 6.03. The molecule has 0 radical (unpaired) electrons. The van der Waals surface area contributed by atoms with E-state index in [2.05, 4.69) is 20.6 Å². The molecule has 8 nitrogen and oxygen atoms in total. The molecule has 2 aromatic carbocycles. The lowest BCUT2D eigenvalue weighted by atomic mass is 10.1. The van der Waals surface area contributed by atoms with Gasteiger partial charge in [-0.05, 0) is 42.3 Å². The van der Waals surface area contributed by atoms with Crippen LogP contribution in [0.3, 0.4) is 0 Å². The number of nitrogens with one attached hydrogen (secondary N) is 3.